The molecule has 2 amide bonds. The van der Waals surface area contributed by atoms with Crippen molar-refractivity contribution < 1.29 is 9.59 Å². The molecule has 0 atom stereocenters. The molecule has 102 valence electrons. The van der Waals surface area contributed by atoms with Crippen molar-refractivity contribution in [3.05, 3.63) is 35.9 Å². The molecule has 0 aliphatic carbocycles. The molecule has 0 spiro atoms. The second-order valence-corrected chi connectivity index (χ2v) is 4.36. The van der Waals surface area contributed by atoms with Gasteiger partial charge in [-0.2, -0.15) is 5.10 Å². The Morgan fingerprint density at radius 2 is 1.79 bits per heavy atom. The van der Waals surface area contributed by atoms with Crippen molar-refractivity contribution in [2.24, 2.45) is 5.10 Å². The van der Waals surface area contributed by atoms with E-state index in [1.54, 1.807) is 13.8 Å². The molecule has 0 saturated carbocycles. The van der Waals surface area contributed by atoms with Crippen LogP contribution in [-0.4, -0.2) is 24.1 Å². The van der Waals surface area contributed by atoms with Crippen LogP contribution in [0.25, 0.3) is 0 Å². The number of amides is 2. The van der Waals surface area contributed by atoms with Gasteiger partial charge in [-0.3, -0.25) is 9.59 Å². The van der Waals surface area contributed by atoms with E-state index in [0.29, 0.717) is 6.54 Å². The van der Waals surface area contributed by atoms with Crippen molar-refractivity contribution >= 4 is 17.5 Å². The zero-order chi connectivity index (χ0) is 14.1. The Bertz CT molecular complexity index is 451. The average molecular weight is 261 g/mol. The van der Waals surface area contributed by atoms with Crippen molar-refractivity contribution in [2.75, 3.05) is 6.54 Å². The number of benzene rings is 1. The zero-order valence-electron chi connectivity index (χ0n) is 11.3. The highest BCUT2D eigenvalue weighted by Crippen LogP contribution is 1.98. The van der Waals surface area contributed by atoms with Crippen molar-refractivity contribution in [3.63, 3.8) is 0 Å². The van der Waals surface area contributed by atoms with Crippen LogP contribution in [0.3, 0.4) is 0 Å². The number of carbonyl (C=O) groups is 2. The molecule has 5 heteroatoms. The van der Waals surface area contributed by atoms with Gasteiger partial charge in [-0.25, -0.2) is 5.43 Å². The number of carbonyl (C=O) groups excluding carboxylic acids is 2. The average Bonchev–Trinajstić information content (AvgIpc) is 2.37. The summed E-state index contributed by atoms with van der Waals surface area (Å²) in [6.45, 7) is 4.05. The minimum atomic E-state index is -0.404. The van der Waals surface area contributed by atoms with E-state index in [0.717, 1.165) is 17.7 Å². The molecular weight excluding hydrogens is 242 g/mol. The molecule has 1 rings (SSSR count). The Hall–Kier alpha value is -2.17. The van der Waals surface area contributed by atoms with E-state index in [1.165, 1.54) is 0 Å². The van der Waals surface area contributed by atoms with Gasteiger partial charge in [0.15, 0.2) is 0 Å². The second-order valence-electron chi connectivity index (χ2n) is 4.36. The van der Waals surface area contributed by atoms with E-state index in [1.807, 2.05) is 30.3 Å². The Morgan fingerprint density at radius 3 is 2.42 bits per heavy atom. The third-order valence-corrected chi connectivity index (χ3v) is 2.30. The Balaban J connectivity index is 2.21. The Labute approximate surface area is 113 Å². The van der Waals surface area contributed by atoms with Crippen molar-refractivity contribution in [2.45, 2.75) is 26.7 Å². The SMILES string of the molecule is CC(C)=NNC(=O)CC(=O)NCCc1ccccc1. The van der Waals surface area contributed by atoms with Gasteiger partial charge < -0.3 is 5.32 Å². The summed E-state index contributed by atoms with van der Waals surface area (Å²) in [7, 11) is 0. The fraction of sp³-hybridized carbons (Fsp3) is 0.357. The first-order valence-corrected chi connectivity index (χ1v) is 6.18. The molecule has 0 bridgehead atoms. The first-order valence-electron chi connectivity index (χ1n) is 6.18. The van der Waals surface area contributed by atoms with Crippen LogP contribution in [0, 0.1) is 0 Å². The van der Waals surface area contributed by atoms with Gasteiger partial charge in [-0.15, -0.1) is 0 Å². The standard InChI is InChI=1S/C14H19N3O2/c1-11(2)16-17-14(19)10-13(18)15-9-8-12-6-4-3-5-7-12/h3-7H,8-10H2,1-2H3,(H,15,18)(H,17,19). The van der Waals surface area contributed by atoms with E-state index in [-0.39, 0.29) is 12.3 Å². The summed E-state index contributed by atoms with van der Waals surface area (Å²) in [6.07, 6.45) is 0.548. The number of nitrogens with one attached hydrogen (secondary N) is 2. The van der Waals surface area contributed by atoms with Gasteiger partial charge in [0.1, 0.15) is 6.42 Å². The van der Waals surface area contributed by atoms with Gasteiger partial charge in [0.25, 0.3) is 0 Å². The fourth-order valence-electron chi connectivity index (χ4n) is 1.41. The highest BCUT2D eigenvalue weighted by Gasteiger charge is 2.07. The summed E-state index contributed by atoms with van der Waals surface area (Å²) >= 11 is 0. The monoisotopic (exact) mass is 261 g/mol. The van der Waals surface area contributed by atoms with Crippen LogP contribution in [0.4, 0.5) is 0 Å². The molecule has 1 aromatic carbocycles. The van der Waals surface area contributed by atoms with E-state index in [2.05, 4.69) is 15.8 Å². The van der Waals surface area contributed by atoms with Crippen LogP contribution < -0.4 is 10.7 Å². The van der Waals surface area contributed by atoms with Crippen LogP contribution in [0.15, 0.2) is 35.4 Å². The quantitative estimate of drug-likeness (QED) is 0.459. The maximum absolute atomic E-state index is 11.5. The molecular formula is C14H19N3O2. The van der Waals surface area contributed by atoms with Crippen LogP contribution in [0.1, 0.15) is 25.8 Å². The van der Waals surface area contributed by atoms with E-state index in [9.17, 15) is 9.59 Å². The van der Waals surface area contributed by atoms with Crippen molar-refractivity contribution in [1.82, 2.24) is 10.7 Å². The van der Waals surface area contributed by atoms with Gasteiger partial charge in [0.05, 0.1) is 0 Å². The lowest BCUT2D eigenvalue weighted by molar-refractivity contribution is -0.129. The summed E-state index contributed by atoms with van der Waals surface area (Å²) in [5.74, 6) is -0.698. The van der Waals surface area contributed by atoms with Crippen LogP contribution >= 0.6 is 0 Å². The highest BCUT2D eigenvalue weighted by atomic mass is 16.2. The molecule has 2 N–H and O–H groups in total. The molecule has 0 fully saturated rings. The minimum absolute atomic E-state index is 0.203. The summed E-state index contributed by atoms with van der Waals surface area (Å²) < 4.78 is 0. The van der Waals surface area contributed by atoms with Crippen molar-refractivity contribution in [3.8, 4) is 0 Å². The van der Waals surface area contributed by atoms with Crippen LogP contribution in [-0.2, 0) is 16.0 Å². The van der Waals surface area contributed by atoms with Gasteiger partial charge in [-0.1, -0.05) is 30.3 Å². The molecule has 19 heavy (non-hydrogen) atoms. The summed E-state index contributed by atoms with van der Waals surface area (Å²) in [5, 5.41) is 6.44. The first kappa shape index (κ1) is 14.9. The number of nitrogens with zero attached hydrogens (tertiary/aromatic N) is 1. The fourth-order valence-corrected chi connectivity index (χ4v) is 1.41. The molecule has 5 nitrogen and oxygen atoms in total. The lowest BCUT2D eigenvalue weighted by Crippen LogP contribution is -2.31. The third-order valence-electron chi connectivity index (χ3n) is 2.30. The number of hydrogen-bond donors (Lipinski definition) is 2. The maximum atomic E-state index is 11.5. The van der Waals surface area contributed by atoms with Crippen LogP contribution in [0.2, 0.25) is 0 Å². The van der Waals surface area contributed by atoms with E-state index in [4.69, 9.17) is 0 Å². The largest absolute Gasteiger partial charge is 0.355 e. The Morgan fingerprint density at radius 1 is 1.11 bits per heavy atom. The van der Waals surface area contributed by atoms with E-state index >= 15 is 0 Å². The highest BCUT2D eigenvalue weighted by molar-refractivity contribution is 5.97. The summed E-state index contributed by atoms with van der Waals surface area (Å²) in [6, 6.07) is 9.85. The van der Waals surface area contributed by atoms with Gasteiger partial charge in [0.2, 0.25) is 11.8 Å². The molecule has 0 unspecified atom stereocenters. The molecule has 0 aliphatic rings. The number of hydrogen-bond acceptors (Lipinski definition) is 3. The Kier molecular flexibility index (Phi) is 6.29. The van der Waals surface area contributed by atoms with Crippen molar-refractivity contribution in [1.29, 1.82) is 0 Å². The lowest BCUT2D eigenvalue weighted by Gasteiger charge is -2.05. The molecule has 0 heterocycles. The topological polar surface area (TPSA) is 70.6 Å². The molecule has 1 aromatic rings. The summed E-state index contributed by atoms with van der Waals surface area (Å²) in [5.41, 5.74) is 4.19. The number of rotatable bonds is 6. The minimum Gasteiger partial charge on any atom is -0.355 e. The van der Waals surface area contributed by atoms with Crippen LogP contribution in [0.5, 0.6) is 0 Å². The van der Waals surface area contributed by atoms with Gasteiger partial charge in [-0.05, 0) is 25.8 Å². The number of hydrazone groups is 1. The first-order chi connectivity index (χ1) is 9.08. The lowest BCUT2D eigenvalue weighted by atomic mass is 10.1. The summed E-state index contributed by atoms with van der Waals surface area (Å²) in [4.78, 5) is 22.8. The predicted molar refractivity (Wildman–Crippen MR) is 74.7 cm³/mol. The molecule has 0 aromatic heterocycles. The third kappa shape index (κ3) is 6.98. The van der Waals surface area contributed by atoms with Gasteiger partial charge >= 0.3 is 0 Å². The normalized spacial score (nSPS) is 9.58. The van der Waals surface area contributed by atoms with E-state index < -0.39 is 5.91 Å². The molecule has 0 saturated heterocycles. The molecule has 0 aliphatic heterocycles. The maximum Gasteiger partial charge on any atom is 0.249 e. The van der Waals surface area contributed by atoms with Gasteiger partial charge in [0, 0.05) is 12.3 Å². The zero-order valence-corrected chi connectivity index (χ0v) is 11.3. The second kappa shape index (κ2) is 8.02. The predicted octanol–water partition coefficient (Wildman–Crippen LogP) is 1.25. The molecule has 0 radical (unpaired) electrons. The smallest absolute Gasteiger partial charge is 0.249 e.